The van der Waals surface area contributed by atoms with Gasteiger partial charge in [-0.15, -0.1) is 0 Å². The van der Waals surface area contributed by atoms with Crippen LogP contribution in [-0.4, -0.2) is 34.2 Å². The SMILES string of the molecule is CC(C)NC(=O)c1ccc2c(=O)n(CC3CCCO3)c(SCc3ccccc3)nc2c1. The topological polar surface area (TPSA) is 73.2 Å². The average Bonchev–Trinajstić information content (AvgIpc) is 3.27. The van der Waals surface area contributed by atoms with Gasteiger partial charge in [0.2, 0.25) is 0 Å². The highest BCUT2D eigenvalue weighted by molar-refractivity contribution is 7.98. The lowest BCUT2D eigenvalue weighted by atomic mass is 10.1. The monoisotopic (exact) mass is 437 g/mol. The van der Waals surface area contributed by atoms with E-state index in [4.69, 9.17) is 9.72 Å². The summed E-state index contributed by atoms with van der Waals surface area (Å²) in [6, 6.07) is 15.2. The molecule has 3 aromatic rings. The highest BCUT2D eigenvalue weighted by atomic mass is 32.2. The van der Waals surface area contributed by atoms with Gasteiger partial charge in [-0.2, -0.15) is 0 Å². The largest absolute Gasteiger partial charge is 0.376 e. The number of carbonyl (C=O) groups excluding carboxylic acids is 1. The maximum atomic E-state index is 13.4. The van der Waals surface area contributed by atoms with Crippen molar-refractivity contribution in [2.24, 2.45) is 0 Å². The smallest absolute Gasteiger partial charge is 0.262 e. The summed E-state index contributed by atoms with van der Waals surface area (Å²) in [5.74, 6) is 0.540. The summed E-state index contributed by atoms with van der Waals surface area (Å²) in [6.07, 6.45) is 1.99. The second kappa shape index (κ2) is 9.66. The van der Waals surface area contributed by atoms with Crippen molar-refractivity contribution in [1.82, 2.24) is 14.9 Å². The molecular weight excluding hydrogens is 410 g/mol. The van der Waals surface area contributed by atoms with Gasteiger partial charge in [-0.25, -0.2) is 4.98 Å². The summed E-state index contributed by atoms with van der Waals surface area (Å²) in [5.41, 5.74) is 2.12. The van der Waals surface area contributed by atoms with Crippen molar-refractivity contribution in [3.05, 3.63) is 70.0 Å². The Kier molecular flexibility index (Phi) is 6.73. The third-order valence-electron chi connectivity index (χ3n) is 5.22. The summed E-state index contributed by atoms with van der Waals surface area (Å²) < 4.78 is 7.52. The predicted molar refractivity (Wildman–Crippen MR) is 124 cm³/mol. The lowest BCUT2D eigenvalue weighted by Gasteiger charge is -2.17. The molecule has 1 aromatic heterocycles. The molecule has 1 N–H and O–H groups in total. The summed E-state index contributed by atoms with van der Waals surface area (Å²) in [4.78, 5) is 30.6. The van der Waals surface area contributed by atoms with Crippen LogP contribution < -0.4 is 10.9 Å². The molecule has 0 spiro atoms. The predicted octanol–water partition coefficient (Wildman–Crippen LogP) is 4.01. The molecule has 1 amide bonds. The van der Waals surface area contributed by atoms with E-state index >= 15 is 0 Å². The molecule has 1 aliphatic heterocycles. The molecule has 6 nitrogen and oxygen atoms in total. The van der Waals surface area contributed by atoms with Crippen molar-refractivity contribution in [2.75, 3.05) is 6.61 Å². The lowest BCUT2D eigenvalue weighted by molar-refractivity contribution is 0.0937. The molecule has 0 bridgehead atoms. The number of ether oxygens (including phenoxy) is 1. The van der Waals surface area contributed by atoms with Crippen LogP contribution in [-0.2, 0) is 17.0 Å². The number of aromatic nitrogens is 2. The Morgan fingerprint density at radius 3 is 2.77 bits per heavy atom. The quantitative estimate of drug-likeness (QED) is 0.447. The van der Waals surface area contributed by atoms with E-state index < -0.39 is 0 Å². The van der Waals surface area contributed by atoms with Gasteiger partial charge in [0.25, 0.3) is 11.5 Å². The number of amides is 1. The number of fused-ring (bicyclic) bond motifs is 1. The van der Waals surface area contributed by atoms with Crippen LogP contribution in [0.3, 0.4) is 0 Å². The molecule has 1 fully saturated rings. The Balaban J connectivity index is 1.72. The zero-order valence-corrected chi connectivity index (χ0v) is 18.7. The third kappa shape index (κ3) is 5.17. The van der Waals surface area contributed by atoms with Crippen molar-refractivity contribution < 1.29 is 9.53 Å². The van der Waals surface area contributed by atoms with Crippen LogP contribution in [0, 0.1) is 0 Å². The van der Waals surface area contributed by atoms with E-state index in [1.165, 1.54) is 11.8 Å². The number of thioether (sulfide) groups is 1. The number of benzene rings is 2. The Morgan fingerprint density at radius 2 is 2.06 bits per heavy atom. The number of hydrogen-bond acceptors (Lipinski definition) is 5. The van der Waals surface area contributed by atoms with E-state index in [1.54, 1.807) is 22.8 Å². The lowest BCUT2D eigenvalue weighted by Crippen LogP contribution is -2.31. The first kappa shape index (κ1) is 21.6. The zero-order chi connectivity index (χ0) is 21.8. The minimum absolute atomic E-state index is 0.0316. The minimum Gasteiger partial charge on any atom is -0.376 e. The average molecular weight is 438 g/mol. The van der Waals surface area contributed by atoms with Gasteiger partial charge < -0.3 is 10.1 Å². The van der Waals surface area contributed by atoms with Gasteiger partial charge in [0.05, 0.1) is 23.6 Å². The van der Waals surface area contributed by atoms with Gasteiger partial charge in [0.1, 0.15) is 0 Å². The van der Waals surface area contributed by atoms with Crippen LogP contribution in [0.25, 0.3) is 10.9 Å². The highest BCUT2D eigenvalue weighted by Crippen LogP contribution is 2.24. The fraction of sp³-hybridized carbons (Fsp3) is 0.375. The van der Waals surface area contributed by atoms with Gasteiger partial charge in [-0.3, -0.25) is 14.2 Å². The van der Waals surface area contributed by atoms with E-state index in [-0.39, 0.29) is 23.6 Å². The Bertz CT molecular complexity index is 1120. The first-order valence-electron chi connectivity index (χ1n) is 10.6. The molecule has 0 saturated carbocycles. The number of nitrogens with zero attached hydrogens (tertiary/aromatic N) is 2. The van der Waals surface area contributed by atoms with Gasteiger partial charge in [-0.1, -0.05) is 42.1 Å². The molecule has 1 saturated heterocycles. The van der Waals surface area contributed by atoms with Crippen molar-refractivity contribution >= 4 is 28.6 Å². The van der Waals surface area contributed by atoms with Crippen LogP contribution in [0.15, 0.2) is 58.5 Å². The van der Waals surface area contributed by atoms with Gasteiger partial charge >= 0.3 is 0 Å². The normalized spacial score (nSPS) is 16.2. The first-order valence-corrected chi connectivity index (χ1v) is 11.6. The first-order chi connectivity index (χ1) is 15.0. The Morgan fingerprint density at radius 1 is 1.26 bits per heavy atom. The molecule has 7 heteroatoms. The second-order valence-corrected chi connectivity index (χ2v) is 9.02. The van der Waals surface area contributed by atoms with Crippen molar-refractivity contribution in [1.29, 1.82) is 0 Å². The van der Waals surface area contributed by atoms with Crippen LogP contribution in [0.2, 0.25) is 0 Å². The molecule has 2 aromatic carbocycles. The maximum Gasteiger partial charge on any atom is 0.262 e. The summed E-state index contributed by atoms with van der Waals surface area (Å²) in [5, 5.41) is 4.06. The summed E-state index contributed by atoms with van der Waals surface area (Å²) >= 11 is 1.53. The molecule has 0 aliphatic carbocycles. The summed E-state index contributed by atoms with van der Waals surface area (Å²) in [6.45, 7) is 5.06. The molecule has 1 atom stereocenters. The number of hydrogen-bond donors (Lipinski definition) is 1. The van der Waals surface area contributed by atoms with Crippen molar-refractivity contribution in [3.8, 4) is 0 Å². The molecule has 31 heavy (non-hydrogen) atoms. The second-order valence-electron chi connectivity index (χ2n) is 8.08. The van der Waals surface area contributed by atoms with E-state index in [1.807, 2.05) is 32.0 Å². The van der Waals surface area contributed by atoms with E-state index in [0.29, 0.717) is 33.9 Å². The molecule has 2 heterocycles. The number of carbonyl (C=O) groups is 1. The maximum absolute atomic E-state index is 13.4. The fourth-order valence-electron chi connectivity index (χ4n) is 3.67. The number of rotatable bonds is 7. The van der Waals surface area contributed by atoms with Crippen molar-refractivity contribution in [2.45, 2.75) is 56.3 Å². The van der Waals surface area contributed by atoms with Crippen LogP contribution in [0.1, 0.15) is 42.6 Å². The number of nitrogens with one attached hydrogen (secondary N) is 1. The van der Waals surface area contributed by atoms with Crippen LogP contribution in [0.5, 0.6) is 0 Å². The zero-order valence-electron chi connectivity index (χ0n) is 17.8. The molecular formula is C24H27N3O3S. The molecule has 0 radical (unpaired) electrons. The standard InChI is InChI=1S/C24H27N3O3S/c1-16(2)25-22(28)18-10-11-20-21(13-18)26-24(31-15-17-7-4-3-5-8-17)27(23(20)29)14-19-9-6-12-30-19/h3-5,7-8,10-11,13,16,19H,6,9,12,14-15H2,1-2H3,(H,25,28). The Labute approximate surface area is 186 Å². The third-order valence-corrected chi connectivity index (χ3v) is 6.27. The minimum atomic E-state index is -0.166. The summed E-state index contributed by atoms with van der Waals surface area (Å²) in [7, 11) is 0. The highest BCUT2D eigenvalue weighted by Gasteiger charge is 2.21. The van der Waals surface area contributed by atoms with E-state index in [2.05, 4.69) is 17.4 Å². The molecule has 162 valence electrons. The molecule has 1 aliphatic rings. The van der Waals surface area contributed by atoms with E-state index in [0.717, 1.165) is 25.0 Å². The van der Waals surface area contributed by atoms with Crippen LogP contribution in [0.4, 0.5) is 0 Å². The molecule has 4 rings (SSSR count). The van der Waals surface area contributed by atoms with Crippen LogP contribution >= 0.6 is 11.8 Å². The fourth-order valence-corrected chi connectivity index (χ4v) is 4.64. The van der Waals surface area contributed by atoms with Gasteiger partial charge in [0, 0.05) is 24.0 Å². The Hall–Kier alpha value is -2.64. The van der Waals surface area contributed by atoms with E-state index in [9.17, 15) is 9.59 Å². The van der Waals surface area contributed by atoms with Crippen molar-refractivity contribution in [3.63, 3.8) is 0 Å². The molecule has 1 unspecified atom stereocenters. The van der Waals surface area contributed by atoms with Gasteiger partial charge in [-0.05, 0) is 50.5 Å². The van der Waals surface area contributed by atoms with Gasteiger partial charge in [0.15, 0.2) is 5.16 Å².